The minimum absolute atomic E-state index is 0.423. The molecule has 0 amide bonds. The Balaban J connectivity index is 0.000000239. The van der Waals surface area contributed by atoms with E-state index in [0.717, 1.165) is 64.3 Å². The summed E-state index contributed by atoms with van der Waals surface area (Å²) >= 11 is 0. The van der Waals surface area contributed by atoms with Crippen LogP contribution in [0.15, 0.2) is 102 Å². The van der Waals surface area contributed by atoms with Crippen molar-refractivity contribution in [2.45, 2.75) is 138 Å². The van der Waals surface area contributed by atoms with Gasteiger partial charge in [-0.1, -0.05) is 134 Å². The van der Waals surface area contributed by atoms with E-state index < -0.39 is 0 Å². The lowest BCUT2D eigenvalue weighted by Gasteiger charge is -2.55. The summed E-state index contributed by atoms with van der Waals surface area (Å²) in [6.45, 7) is 29.8. The summed E-state index contributed by atoms with van der Waals surface area (Å²) in [5.41, 5.74) is 14.6. The van der Waals surface area contributed by atoms with Gasteiger partial charge in [0, 0.05) is 23.3 Å². The third kappa shape index (κ3) is 10.9. The van der Waals surface area contributed by atoms with Crippen LogP contribution in [0.4, 0.5) is 5.69 Å². The molecule has 3 atom stereocenters. The van der Waals surface area contributed by atoms with Gasteiger partial charge in [-0.25, -0.2) is 0 Å². The van der Waals surface area contributed by atoms with Gasteiger partial charge in [-0.2, -0.15) is 0 Å². The summed E-state index contributed by atoms with van der Waals surface area (Å²) in [7, 11) is 0. The van der Waals surface area contributed by atoms with E-state index in [4.69, 9.17) is 9.41 Å². The zero-order valence-electron chi connectivity index (χ0n) is 35.4. The SMILES string of the molecule is C=CCCCC=O.C=Cc1cc(C)ccc1C(C)=Nc1cc(-c2ccoc2)ccc1C.CC.CCC1(C)CCCC2(C)c3ccc(C(C)C)cc3CCC12. The summed E-state index contributed by atoms with van der Waals surface area (Å²) < 4.78 is 5.18. The number of aryl methyl sites for hydroxylation is 3. The molecule has 3 unspecified atom stereocenters. The van der Waals surface area contributed by atoms with Gasteiger partial charge in [-0.15, -0.1) is 6.58 Å². The largest absolute Gasteiger partial charge is 0.472 e. The fraction of sp³-hybridized carbons (Fsp3) is 0.451. The van der Waals surface area contributed by atoms with Gasteiger partial charge >= 0.3 is 0 Å². The Kier molecular flexibility index (Phi) is 17.2. The van der Waals surface area contributed by atoms with E-state index in [1.807, 2.05) is 39.0 Å². The summed E-state index contributed by atoms with van der Waals surface area (Å²) in [5.74, 6) is 1.52. The summed E-state index contributed by atoms with van der Waals surface area (Å²) in [5, 5.41) is 0. The molecule has 0 aliphatic heterocycles. The van der Waals surface area contributed by atoms with Crippen molar-refractivity contribution in [1.82, 2.24) is 0 Å². The second-order valence-corrected chi connectivity index (χ2v) is 15.8. The third-order valence-corrected chi connectivity index (χ3v) is 11.9. The van der Waals surface area contributed by atoms with Crippen LogP contribution >= 0.6 is 0 Å². The molecule has 2 aliphatic rings. The molecule has 3 heteroatoms. The first-order valence-electron chi connectivity index (χ1n) is 20.5. The molecule has 6 rings (SSSR count). The van der Waals surface area contributed by atoms with Crippen LogP contribution in [-0.4, -0.2) is 12.0 Å². The second kappa shape index (κ2) is 21.0. The average molecular weight is 728 g/mol. The monoisotopic (exact) mass is 728 g/mol. The maximum atomic E-state index is 9.65. The molecule has 3 aromatic carbocycles. The Labute approximate surface area is 329 Å². The Morgan fingerprint density at radius 2 is 1.72 bits per heavy atom. The molecule has 2 aliphatic carbocycles. The number of hydrogen-bond donors (Lipinski definition) is 0. The lowest BCUT2D eigenvalue weighted by Crippen LogP contribution is -2.48. The number of aldehydes is 1. The van der Waals surface area contributed by atoms with Crippen molar-refractivity contribution in [1.29, 1.82) is 0 Å². The molecule has 4 aromatic rings. The van der Waals surface area contributed by atoms with E-state index in [1.54, 1.807) is 23.7 Å². The summed E-state index contributed by atoms with van der Waals surface area (Å²) in [6.07, 6.45) is 18.9. The van der Waals surface area contributed by atoms with Crippen molar-refractivity contribution in [3.63, 3.8) is 0 Å². The van der Waals surface area contributed by atoms with Crippen molar-refractivity contribution >= 4 is 23.8 Å². The normalized spacial score (nSPS) is 20.1. The molecule has 1 aromatic heterocycles. The minimum atomic E-state index is 0.423. The van der Waals surface area contributed by atoms with Crippen LogP contribution in [0.1, 0.15) is 152 Å². The van der Waals surface area contributed by atoms with Crippen molar-refractivity contribution in [3.8, 4) is 11.1 Å². The first-order valence-corrected chi connectivity index (χ1v) is 20.5. The third-order valence-electron chi connectivity index (χ3n) is 11.9. The Bertz CT molecular complexity index is 1820. The quantitative estimate of drug-likeness (QED) is 0.0706. The number of carbonyl (C=O) groups is 1. The fourth-order valence-corrected chi connectivity index (χ4v) is 8.53. The zero-order chi connectivity index (χ0) is 39.9. The molecule has 0 spiro atoms. The van der Waals surface area contributed by atoms with Gasteiger partial charge in [-0.05, 0) is 127 Å². The Morgan fingerprint density at radius 3 is 2.35 bits per heavy atom. The number of furan rings is 1. The zero-order valence-corrected chi connectivity index (χ0v) is 35.4. The first kappa shape index (κ1) is 44.2. The van der Waals surface area contributed by atoms with Gasteiger partial charge in [0.2, 0.25) is 0 Å². The van der Waals surface area contributed by atoms with Crippen LogP contribution in [0.3, 0.4) is 0 Å². The Hall–Kier alpha value is -4.24. The van der Waals surface area contributed by atoms with Crippen molar-refractivity contribution < 1.29 is 9.21 Å². The maximum absolute atomic E-state index is 9.65. The molecule has 0 radical (unpaired) electrons. The molecule has 290 valence electrons. The average Bonchev–Trinajstić information content (AvgIpc) is 3.72. The number of hydrogen-bond acceptors (Lipinski definition) is 3. The smallest absolute Gasteiger partial charge is 0.120 e. The van der Waals surface area contributed by atoms with E-state index in [-0.39, 0.29) is 0 Å². The van der Waals surface area contributed by atoms with Gasteiger partial charge in [0.25, 0.3) is 0 Å². The molecule has 0 saturated heterocycles. The standard InChI is InChI=1S/C22H21NO.C21H32.C6H10O.C2H6/c1-5-18-12-15(2)6-9-21(18)17(4)23-22-13-19(8-7-16(22)3)20-10-11-24-14-20;1-6-20(4)12-7-13-21(5)18-10-8-16(15(2)3)14-17(18)9-11-19(20)21;1-2-3-4-5-6-7;1-2/h5-14H,1H2,2-4H3;8,10,14-15,19H,6-7,9,11-13H2,1-5H3;2,6H,1,3-5H2;1-2H3. The molecule has 3 nitrogen and oxygen atoms in total. The molecular formula is C51H69NO2. The topological polar surface area (TPSA) is 42.6 Å². The van der Waals surface area contributed by atoms with Crippen LogP contribution < -0.4 is 0 Å². The van der Waals surface area contributed by atoms with Crippen molar-refractivity contribution in [3.05, 3.63) is 131 Å². The number of aliphatic imine (C=N–C) groups is 1. The fourth-order valence-electron chi connectivity index (χ4n) is 8.53. The molecule has 54 heavy (non-hydrogen) atoms. The minimum Gasteiger partial charge on any atom is -0.472 e. The van der Waals surface area contributed by atoms with E-state index in [0.29, 0.717) is 23.2 Å². The number of unbranched alkanes of at least 4 members (excludes halogenated alkanes) is 2. The number of allylic oxidation sites excluding steroid dienone is 1. The summed E-state index contributed by atoms with van der Waals surface area (Å²) in [6, 6.07) is 22.0. The van der Waals surface area contributed by atoms with Gasteiger partial charge in [-0.3, -0.25) is 4.99 Å². The van der Waals surface area contributed by atoms with E-state index >= 15 is 0 Å². The predicted molar refractivity (Wildman–Crippen MR) is 235 cm³/mol. The molecule has 0 bridgehead atoms. The predicted octanol–water partition coefficient (Wildman–Crippen LogP) is 15.1. The highest BCUT2D eigenvalue weighted by Crippen LogP contribution is 2.58. The first-order chi connectivity index (χ1) is 25.9. The van der Waals surface area contributed by atoms with Gasteiger partial charge in [0.1, 0.15) is 6.29 Å². The lowest BCUT2D eigenvalue weighted by molar-refractivity contribution is -0.107. The second-order valence-electron chi connectivity index (χ2n) is 15.8. The Morgan fingerprint density at radius 1 is 0.963 bits per heavy atom. The van der Waals surface area contributed by atoms with Crippen LogP contribution in [0, 0.1) is 25.2 Å². The van der Waals surface area contributed by atoms with Gasteiger partial charge in [0.05, 0.1) is 18.2 Å². The van der Waals surface area contributed by atoms with E-state index in [1.165, 1.54) is 49.7 Å². The van der Waals surface area contributed by atoms with Crippen LogP contribution in [0.5, 0.6) is 0 Å². The highest BCUT2D eigenvalue weighted by atomic mass is 16.3. The molecule has 0 N–H and O–H groups in total. The van der Waals surface area contributed by atoms with Crippen molar-refractivity contribution in [2.75, 3.05) is 0 Å². The van der Waals surface area contributed by atoms with Crippen LogP contribution in [0.25, 0.3) is 17.2 Å². The number of fused-ring (bicyclic) bond motifs is 3. The number of benzene rings is 3. The van der Waals surface area contributed by atoms with Crippen LogP contribution in [-0.2, 0) is 16.6 Å². The number of carbonyl (C=O) groups excluding carboxylic acids is 1. The van der Waals surface area contributed by atoms with Crippen LogP contribution in [0.2, 0.25) is 0 Å². The summed E-state index contributed by atoms with van der Waals surface area (Å²) in [4.78, 5) is 14.5. The molecule has 1 heterocycles. The molecule has 1 fully saturated rings. The highest BCUT2D eigenvalue weighted by Gasteiger charge is 2.50. The van der Waals surface area contributed by atoms with E-state index in [9.17, 15) is 4.79 Å². The maximum Gasteiger partial charge on any atom is 0.120 e. The number of nitrogens with zero attached hydrogens (tertiary/aromatic N) is 1. The van der Waals surface area contributed by atoms with Gasteiger partial charge in [0.15, 0.2) is 0 Å². The molecular weight excluding hydrogens is 659 g/mol. The number of rotatable bonds is 10. The van der Waals surface area contributed by atoms with Crippen molar-refractivity contribution in [2.24, 2.45) is 16.3 Å². The van der Waals surface area contributed by atoms with E-state index in [2.05, 4.69) is 116 Å². The lowest BCUT2D eigenvalue weighted by atomic mass is 9.49. The highest BCUT2D eigenvalue weighted by molar-refractivity contribution is 6.03. The van der Waals surface area contributed by atoms with Gasteiger partial charge < -0.3 is 9.21 Å². The molecule has 1 saturated carbocycles.